The van der Waals surface area contributed by atoms with E-state index < -0.39 is 17.5 Å². The predicted octanol–water partition coefficient (Wildman–Crippen LogP) is 4.82. The van der Waals surface area contributed by atoms with Crippen LogP contribution in [0.3, 0.4) is 0 Å². The molecule has 0 radical (unpaired) electrons. The minimum atomic E-state index is -1.53. The summed E-state index contributed by atoms with van der Waals surface area (Å²) in [5.41, 5.74) is 0.682. The molecule has 4 rings (SSSR count). The van der Waals surface area contributed by atoms with Gasteiger partial charge in [-0.2, -0.15) is 4.98 Å². The van der Waals surface area contributed by atoms with Crippen molar-refractivity contribution in [2.75, 3.05) is 29.6 Å². The van der Waals surface area contributed by atoms with E-state index in [1.165, 1.54) is 0 Å². The first-order chi connectivity index (χ1) is 15.8. The number of aromatic nitrogens is 2. The van der Waals surface area contributed by atoms with Crippen molar-refractivity contribution in [3.63, 3.8) is 0 Å². The van der Waals surface area contributed by atoms with Crippen molar-refractivity contribution in [3.05, 3.63) is 53.8 Å². The summed E-state index contributed by atoms with van der Waals surface area (Å²) in [7, 11) is 3.91. The fourth-order valence-corrected chi connectivity index (χ4v) is 4.27. The van der Waals surface area contributed by atoms with Crippen LogP contribution in [0, 0.1) is 17.5 Å². The fourth-order valence-electron chi connectivity index (χ4n) is 4.00. The highest BCUT2D eigenvalue weighted by molar-refractivity contribution is 7.80. The van der Waals surface area contributed by atoms with Crippen molar-refractivity contribution in [3.8, 4) is 0 Å². The summed E-state index contributed by atoms with van der Waals surface area (Å²) in [6.45, 7) is 0. The molecule has 6 nitrogen and oxygen atoms in total. The third-order valence-electron chi connectivity index (χ3n) is 5.69. The highest BCUT2D eigenvalue weighted by atomic mass is 32.1. The number of para-hydroxylation sites is 1. The van der Waals surface area contributed by atoms with Crippen molar-refractivity contribution >= 4 is 45.7 Å². The number of hydrogen-bond acceptors (Lipinski definition) is 5. The summed E-state index contributed by atoms with van der Waals surface area (Å²) in [4.78, 5) is 11.3. The van der Waals surface area contributed by atoms with E-state index in [1.807, 2.05) is 43.3 Å². The average Bonchev–Trinajstić information content (AvgIpc) is 2.80. The number of nitrogens with zero attached hydrogens (tertiary/aromatic N) is 3. The van der Waals surface area contributed by atoms with Gasteiger partial charge in [0.2, 0.25) is 5.95 Å². The molecule has 0 spiro atoms. The third kappa shape index (κ3) is 5.27. The molecule has 1 fully saturated rings. The lowest BCUT2D eigenvalue weighted by Gasteiger charge is -2.30. The van der Waals surface area contributed by atoms with Crippen LogP contribution < -0.4 is 20.9 Å². The van der Waals surface area contributed by atoms with Gasteiger partial charge in [-0.1, -0.05) is 12.1 Å². The molecule has 1 heterocycles. The number of hydrogen-bond donors (Lipinski definition) is 3. The van der Waals surface area contributed by atoms with E-state index in [2.05, 4.69) is 20.9 Å². The molecule has 1 aliphatic rings. The molecule has 2 aromatic carbocycles. The molecule has 1 aromatic heterocycles. The maximum Gasteiger partial charge on any atom is 0.225 e. The molecule has 10 heteroatoms. The number of rotatable bonds is 5. The van der Waals surface area contributed by atoms with Gasteiger partial charge in [-0.05, 0) is 62.2 Å². The number of fused-ring (bicyclic) bond motifs is 1. The van der Waals surface area contributed by atoms with Crippen molar-refractivity contribution in [1.82, 2.24) is 15.3 Å². The molecule has 33 heavy (non-hydrogen) atoms. The van der Waals surface area contributed by atoms with E-state index in [4.69, 9.17) is 17.2 Å². The summed E-state index contributed by atoms with van der Waals surface area (Å²) in [6.07, 6.45) is 3.39. The summed E-state index contributed by atoms with van der Waals surface area (Å²) in [6, 6.07) is 10.2. The maximum atomic E-state index is 13.8. The first-order valence-corrected chi connectivity index (χ1v) is 11.1. The van der Waals surface area contributed by atoms with Crippen molar-refractivity contribution in [2.45, 2.75) is 37.8 Å². The standard InChI is InChI=1S/C23H25F3N6S/c1-32(2)21-15-5-3-4-6-17(15)29-22(31-21)27-13-7-9-14(10-8-13)28-23(33)30-18-12-11-16(24)19(25)20(18)26/h3-6,11-14H,7-10H2,1-2H3,(H,27,29,31)(H2,28,30,33)/t13-,14+. The maximum absolute atomic E-state index is 13.8. The van der Waals surface area contributed by atoms with E-state index in [9.17, 15) is 13.2 Å². The smallest absolute Gasteiger partial charge is 0.225 e. The van der Waals surface area contributed by atoms with E-state index in [-0.39, 0.29) is 22.9 Å². The second-order valence-electron chi connectivity index (χ2n) is 8.30. The molecule has 174 valence electrons. The first-order valence-electron chi connectivity index (χ1n) is 10.7. The molecule has 0 bridgehead atoms. The van der Waals surface area contributed by atoms with Gasteiger partial charge in [-0.3, -0.25) is 0 Å². The van der Waals surface area contributed by atoms with Gasteiger partial charge in [-0.25, -0.2) is 18.2 Å². The van der Waals surface area contributed by atoms with Gasteiger partial charge in [0, 0.05) is 31.6 Å². The van der Waals surface area contributed by atoms with Crippen LogP contribution >= 0.6 is 12.2 Å². The van der Waals surface area contributed by atoms with Gasteiger partial charge in [-0.15, -0.1) is 0 Å². The molecule has 3 N–H and O–H groups in total. The Morgan fingerprint density at radius 3 is 2.36 bits per heavy atom. The number of nitrogens with one attached hydrogen (secondary N) is 3. The number of thiocarbonyl (C=S) groups is 1. The lowest BCUT2D eigenvalue weighted by Crippen LogP contribution is -2.42. The molecule has 0 atom stereocenters. The lowest BCUT2D eigenvalue weighted by molar-refractivity contribution is 0.387. The monoisotopic (exact) mass is 474 g/mol. The third-order valence-corrected chi connectivity index (χ3v) is 5.91. The molecule has 1 saturated carbocycles. The normalized spacial score (nSPS) is 18.1. The lowest BCUT2D eigenvalue weighted by atomic mass is 9.91. The second kappa shape index (κ2) is 9.78. The second-order valence-corrected chi connectivity index (χ2v) is 8.70. The fraction of sp³-hybridized carbons (Fsp3) is 0.348. The van der Waals surface area contributed by atoms with Crippen LogP contribution in [0.25, 0.3) is 10.9 Å². The number of anilines is 3. The van der Waals surface area contributed by atoms with Crippen LogP contribution in [-0.2, 0) is 0 Å². The zero-order valence-corrected chi connectivity index (χ0v) is 19.1. The van der Waals surface area contributed by atoms with Crippen LogP contribution in [-0.4, -0.2) is 41.3 Å². The van der Waals surface area contributed by atoms with Crippen LogP contribution in [0.2, 0.25) is 0 Å². The van der Waals surface area contributed by atoms with Crippen molar-refractivity contribution in [2.24, 2.45) is 0 Å². The SMILES string of the molecule is CN(C)c1nc(N[C@H]2CC[C@@H](NC(=S)Nc3ccc(F)c(F)c3F)CC2)nc2ccccc12. The first kappa shape index (κ1) is 23.0. The highest BCUT2D eigenvalue weighted by Crippen LogP contribution is 2.26. The quantitative estimate of drug-likeness (QED) is 0.362. The summed E-state index contributed by atoms with van der Waals surface area (Å²) in [5.74, 6) is -2.60. The number of benzene rings is 2. The van der Waals surface area contributed by atoms with Crippen LogP contribution in [0.15, 0.2) is 36.4 Å². The molecule has 0 amide bonds. The summed E-state index contributed by atoms with van der Waals surface area (Å²) >= 11 is 5.23. The number of halogens is 3. The van der Waals surface area contributed by atoms with E-state index >= 15 is 0 Å². The Kier molecular flexibility index (Phi) is 6.83. The highest BCUT2D eigenvalue weighted by Gasteiger charge is 2.23. The van der Waals surface area contributed by atoms with E-state index in [1.54, 1.807) is 0 Å². The van der Waals surface area contributed by atoms with Gasteiger partial charge < -0.3 is 20.9 Å². The van der Waals surface area contributed by atoms with Gasteiger partial charge in [0.15, 0.2) is 22.6 Å². The van der Waals surface area contributed by atoms with Gasteiger partial charge in [0.25, 0.3) is 0 Å². The Labute approximate surface area is 195 Å². The van der Waals surface area contributed by atoms with Crippen molar-refractivity contribution in [1.29, 1.82) is 0 Å². The molecule has 1 aliphatic carbocycles. The van der Waals surface area contributed by atoms with Crippen LogP contribution in [0.5, 0.6) is 0 Å². The van der Waals surface area contributed by atoms with Gasteiger partial charge in [0.1, 0.15) is 5.82 Å². The molecular formula is C23H25F3N6S. The molecule has 0 aliphatic heterocycles. The molecule has 3 aromatic rings. The van der Waals surface area contributed by atoms with Crippen LogP contribution in [0.1, 0.15) is 25.7 Å². The zero-order valence-electron chi connectivity index (χ0n) is 18.3. The van der Waals surface area contributed by atoms with Crippen molar-refractivity contribution < 1.29 is 13.2 Å². The molecule has 0 unspecified atom stereocenters. The molecular weight excluding hydrogens is 449 g/mol. The summed E-state index contributed by atoms with van der Waals surface area (Å²) in [5, 5.41) is 10.4. The summed E-state index contributed by atoms with van der Waals surface area (Å²) < 4.78 is 40.3. The van der Waals surface area contributed by atoms with E-state index in [0.29, 0.717) is 5.95 Å². The minimum Gasteiger partial charge on any atom is -0.362 e. The molecule has 0 saturated heterocycles. The largest absolute Gasteiger partial charge is 0.362 e. The Morgan fingerprint density at radius 2 is 1.64 bits per heavy atom. The Hall–Kier alpha value is -3.14. The Bertz CT molecular complexity index is 1160. The van der Waals surface area contributed by atoms with Crippen LogP contribution in [0.4, 0.5) is 30.6 Å². The van der Waals surface area contributed by atoms with Gasteiger partial charge >= 0.3 is 0 Å². The zero-order chi connectivity index (χ0) is 23.5. The van der Waals surface area contributed by atoms with Gasteiger partial charge in [0.05, 0.1) is 11.2 Å². The van der Waals surface area contributed by atoms with E-state index in [0.717, 1.165) is 54.5 Å². The minimum absolute atomic E-state index is 0.0891. The predicted molar refractivity (Wildman–Crippen MR) is 129 cm³/mol. The topological polar surface area (TPSA) is 65.1 Å². The Morgan fingerprint density at radius 1 is 0.939 bits per heavy atom. The average molecular weight is 475 g/mol. The Balaban J connectivity index is 1.33.